The molecule has 0 saturated carbocycles. The van der Waals surface area contributed by atoms with Crippen LogP contribution in [-0.2, 0) is 13.0 Å². The highest BCUT2D eigenvalue weighted by atomic mass is 35.5. The van der Waals surface area contributed by atoms with Crippen molar-refractivity contribution in [1.82, 2.24) is 9.88 Å². The Labute approximate surface area is 122 Å². The minimum Gasteiger partial charge on any atom is -0.399 e. The van der Waals surface area contributed by atoms with Gasteiger partial charge < -0.3 is 10.6 Å². The van der Waals surface area contributed by atoms with Crippen molar-refractivity contribution in [2.45, 2.75) is 13.0 Å². The number of carbonyl (C=O) groups is 1. The molecule has 20 heavy (non-hydrogen) atoms. The number of anilines is 1. The molecule has 0 atom stereocenters. The average Bonchev–Trinajstić information content (AvgIpc) is 2.45. The van der Waals surface area contributed by atoms with Gasteiger partial charge in [0.2, 0.25) is 0 Å². The molecule has 2 N–H and O–H groups in total. The second-order valence-electron chi connectivity index (χ2n) is 4.86. The van der Waals surface area contributed by atoms with Crippen LogP contribution in [0, 0.1) is 0 Å². The lowest BCUT2D eigenvalue weighted by molar-refractivity contribution is 0.0727. The molecule has 0 bridgehead atoms. The highest BCUT2D eigenvalue weighted by molar-refractivity contribution is 6.31. The average molecular weight is 288 g/mol. The van der Waals surface area contributed by atoms with E-state index in [1.165, 1.54) is 0 Å². The van der Waals surface area contributed by atoms with Crippen molar-refractivity contribution in [2.24, 2.45) is 0 Å². The summed E-state index contributed by atoms with van der Waals surface area (Å²) in [6.45, 7) is 1.18. The molecule has 1 aromatic heterocycles. The molecule has 1 aliphatic heterocycles. The molecule has 1 amide bonds. The van der Waals surface area contributed by atoms with Crippen LogP contribution in [0.25, 0.3) is 0 Å². The Bertz CT molecular complexity index is 672. The minimum atomic E-state index is 0.00595. The van der Waals surface area contributed by atoms with Gasteiger partial charge in [0.05, 0.1) is 5.02 Å². The van der Waals surface area contributed by atoms with Crippen molar-refractivity contribution in [3.63, 3.8) is 0 Å². The van der Waals surface area contributed by atoms with Gasteiger partial charge in [-0.3, -0.25) is 9.78 Å². The predicted molar refractivity (Wildman–Crippen MR) is 78.5 cm³/mol. The number of hydrogen-bond donors (Lipinski definition) is 1. The van der Waals surface area contributed by atoms with E-state index in [-0.39, 0.29) is 5.91 Å². The Kier molecular flexibility index (Phi) is 3.32. The van der Waals surface area contributed by atoms with Gasteiger partial charge >= 0.3 is 0 Å². The standard InChI is InChI=1S/C15H14ClN3O/c16-14-8-18-5-3-11(14)9-19-6-4-10-1-2-12(17)7-13(10)15(19)20/h1-3,5,7-8H,4,6,9,17H2. The van der Waals surface area contributed by atoms with Crippen LogP contribution in [0.1, 0.15) is 21.5 Å². The van der Waals surface area contributed by atoms with Crippen molar-refractivity contribution in [3.05, 3.63) is 58.4 Å². The van der Waals surface area contributed by atoms with Crippen LogP contribution in [-0.4, -0.2) is 22.3 Å². The number of aromatic nitrogens is 1. The van der Waals surface area contributed by atoms with Crippen molar-refractivity contribution in [1.29, 1.82) is 0 Å². The molecule has 3 rings (SSSR count). The van der Waals surface area contributed by atoms with Crippen LogP contribution in [0.3, 0.4) is 0 Å². The second kappa shape index (κ2) is 5.13. The van der Waals surface area contributed by atoms with E-state index in [9.17, 15) is 4.79 Å². The molecule has 2 heterocycles. The highest BCUT2D eigenvalue weighted by Gasteiger charge is 2.24. The summed E-state index contributed by atoms with van der Waals surface area (Å²) >= 11 is 6.10. The van der Waals surface area contributed by atoms with Crippen LogP contribution >= 0.6 is 11.6 Å². The molecule has 2 aromatic rings. The van der Waals surface area contributed by atoms with Gasteiger partial charge in [-0.15, -0.1) is 0 Å². The quantitative estimate of drug-likeness (QED) is 0.864. The SMILES string of the molecule is Nc1ccc2c(c1)C(=O)N(Cc1ccncc1Cl)CC2. The highest BCUT2D eigenvalue weighted by Crippen LogP contribution is 2.24. The van der Waals surface area contributed by atoms with Crippen LogP contribution in [0.4, 0.5) is 5.69 Å². The summed E-state index contributed by atoms with van der Waals surface area (Å²) in [7, 11) is 0. The third kappa shape index (κ3) is 2.34. The third-order valence-corrected chi connectivity index (χ3v) is 3.86. The van der Waals surface area contributed by atoms with Crippen LogP contribution in [0.2, 0.25) is 5.02 Å². The fraction of sp³-hybridized carbons (Fsp3) is 0.200. The van der Waals surface area contributed by atoms with Gasteiger partial charge in [0.1, 0.15) is 0 Å². The van der Waals surface area contributed by atoms with E-state index in [1.54, 1.807) is 23.4 Å². The number of nitrogens with two attached hydrogens (primary N) is 1. The Hall–Kier alpha value is -2.07. The van der Waals surface area contributed by atoms with Gasteiger partial charge in [0.25, 0.3) is 5.91 Å². The molecule has 0 saturated heterocycles. The molecule has 0 radical (unpaired) electrons. The molecule has 0 fully saturated rings. The lowest BCUT2D eigenvalue weighted by Crippen LogP contribution is -2.37. The fourth-order valence-corrected chi connectivity index (χ4v) is 2.61. The van der Waals surface area contributed by atoms with Gasteiger partial charge in [-0.2, -0.15) is 0 Å². The number of pyridine rings is 1. The molecule has 1 aromatic carbocycles. The molecule has 0 spiro atoms. The van der Waals surface area contributed by atoms with E-state index < -0.39 is 0 Å². The van der Waals surface area contributed by atoms with E-state index in [0.29, 0.717) is 29.4 Å². The zero-order valence-corrected chi connectivity index (χ0v) is 11.6. The molecular weight excluding hydrogens is 274 g/mol. The summed E-state index contributed by atoms with van der Waals surface area (Å²) in [6, 6.07) is 7.35. The van der Waals surface area contributed by atoms with Crippen LogP contribution in [0.5, 0.6) is 0 Å². The van der Waals surface area contributed by atoms with E-state index in [1.807, 2.05) is 18.2 Å². The predicted octanol–water partition coefficient (Wildman–Crippen LogP) is 2.52. The van der Waals surface area contributed by atoms with E-state index in [0.717, 1.165) is 17.5 Å². The van der Waals surface area contributed by atoms with Gasteiger partial charge in [-0.25, -0.2) is 0 Å². The summed E-state index contributed by atoms with van der Waals surface area (Å²) in [6.07, 6.45) is 4.11. The van der Waals surface area contributed by atoms with Gasteiger partial charge in [0.15, 0.2) is 0 Å². The lowest BCUT2D eigenvalue weighted by atomic mass is 9.98. The zero-order chi connectivity index (χ0) is 14.1. The normalized spacial score (nSPS) is 14.2. The Morgan fingerprint density at radius 1 is 1.35 bits per heavy atom. The van der Waals surface area contributed by atoms with Crippen molar-refractivity contribution in [3.8, 4) is 0 Å². The molecule has 5 heteroatoms. The number of fused-ring (bicyclic) bond motifs is 1. The first-order valence-electron chi connectivity index (χ1n) is 6.41. The van der Waals surface area contributed by atoms with Gasteiger partial charge in [-0.05, 0) is 35.7 Å². The van der Waals surface area contributed by atoms with Crippen LogP contribution in [0.15, 0.2) is 36.7 Å². The van der Waals surface area contributed by atoms with Crippen molar-refractivity contribution >= 4 is 23.2 Å². The molecule has 0 aliphatic carbocycles. The first-order chi connectivity index (χ1) is 9.65. The van der Waals surface area contributed by atoms with Gasteiger partial charge in [0, 0.05) is 36.7 Å². The van der Waals surface area contributed by atoms with E-state index in [2.05, 4.69) is 4.98 Å². The molecule has 102 valence electrons. The topological polar surface area (TPSA) is 59.2 Å². The largest absolute Gasteiger partial charge is 0.399 e. The number of rotatable bonds is 2. The van der Waals surface area contributed by atoms with E-state index in [4.69, 9.17) is 17.3 Å². The summed E-state index contributed by atoms with van der Waals surface area (Å²) < 4.78 is 0. The number of hydrogen-bond acceptors (Lipinski definition) is 3. The minimum absolute atomic E-state index is 0.00595. The summed E-state index contributed by atoms with van der Waals surface area (Å²) in [5.74, 6) is 0.00595. The van der Waals surface area contributed by atoms with E-state index >= 15 is 0 Å². The smallest absolute Gasteiger partial charge is 0.254 e. The monoisotopic (exact) mass is 287 g/mol. The third-order valence-electron chi connectivity index (χ3n) is 3.52. The maximum Gasteiger partial charge on any atom is 0.254 e. The maximum atomic E-state index is 12.5. The Morgan fingerprint density at radius 3 is 3.00 bits per heavy atom. The number of nitrogens with zero attached hydrogens (tertiary/aromatic N) is 2. The Balaban J connectivity index is 1.87. The fourth-order valence-electron chi connectivity index (χ4n) is 2.43. The summed E-state index contributed by atoms with van der Waals surface area (Å²) in [5.41, 5.74) is 9.04. The van der Waals surface area contributed by atoms with Gasteiger partial charge in [-0.1, -0.05) is 17.7 Å². The number of nitrogen functional groups attached to an aromatic ring is 1. The van der Waals surface area contributed by atoms with Crippen molar-refractivity contribution < 1.29 is 4.79 Å². The maximum absolute atomic E-state index is 12.5. The molecule has 4 nitrogen and oxygen atoms in total. The molecule has 1 aliphatic rings. The first kappa shape index (κ1) is 12.9. The number of amides is 1. The first-order valence-corrected chi connectivity index (χ1v) is 6.79. The summed E-state index contributed by atoms with van der Waals surface area (Å²) in [4.78, 5) is 18.2. The molecule has 0 unspecified atom stereocenters. The zero-order valence-electron chi connectivity index (χ0n) is 10.8. The summed E-state index contributed by atoms with van der Waals surface area (Å²) in [5, 5.41) is 0.582. The number of benzene rings is 1. The van der Waals surface area contributed by atoms with Crippen molar-refractivity contribution in [2.75, 3.05) is 12.3 Å². The molecular formula is C15H14ClN3O. The second-order valence-corrected chi connectivity index (χ2v) is 5.27. The number of halogens is 1. The Morgan fingerprint density at radius 2 is 2.20 bits per heavy atom. The lowest BCUT2D eigenvalue weighted by Gasteiger charge is -2.29. The van der Waals surface area contributed by atoms with Crippen LogP contribution < -0.4 is 5.73 Å². The number of carbonyl (C=O) groups excluding carboxylic acids is 1.